The molecule has 1 atom stereocenters. The maximum Gasteiger partial charge on any atom is 0.257 e. The summed E-state index contributed by atoms with van der Waals surface area (Å²) in [7, 11) is 0. The number of ether oxygens (including phenoxy) is 2. The van der Waals surface area contributed by atoms with Crippen molar-refractivity contribution in [1.82, 2.24) is 9.91 Å². The van der Waals surface area contributed by atoms with Crippen LogP contribution in [0.2, 0.25) is 0 Å². The SMILES string of the molecule is CCOc1ccc(C2CC(c3cc(C)ccc3C)=NN2C(=O)CN2CCOCC2)cc1. The molecular weight excluding hydrogens is 390 g/mol. The number of rotatable bonds is 6. The molecule has 4 rings (SSSR count). The number of benzene rings is 2. The van der Waals surface area contributed by atoms with Crippen LogP contribution >= 0.6 is 0 Å². The van der Waals surface area contributed by atoms with Crippen molar-refractivity contribution in [2.24, 2.45) is 5.10 Å². The third-order valence-corrected chi connectivity index (χ3v) is 5.91. The van der Waals surface area contributed by atoms with Gasteiger partial charge in [-0.1, -0.05) is 29.8 Å². The van der Waals surface area contributed by atoms with Crippen molar-refractivity contribution in [1.29, 1.82) is 0 Å². The number of hydrazone groups is 1. The van der Waals surface area contributed by atoms with Crippen LogP contribution in [0.5, 0.6) is 5.75 Å². The molecule has 1 saturated heterocycles. The summed E-state index contributed by atoms with van der Waals surface area (Å²) in [5.74, 6) is 0.868. The molecule has 2 heterocycles. The van der Waals surface area contributed by atoms with E-state index in [4.69, 9.17) is 14.6 Å². The fourth-order valence-corrected chi connectivity index (χ4v) is 4.19. The second-order valence-electron chi connectivity index (χ2n) is 8.21. The molecule has 31 heavy (non-hydrogen) atoms. The number of amides is 1. The van der Waals surface area contributed by atoms with Gasteiger partial charge in [-0.3, -0.25) is 9.69 Å². The number of hydrogen-bond donors (Lipinski definition) is 0. The first kappa shape index (κ1) is 21.5. The summed E-state index contributed by atoms with van der Waals surface area (Å²) in [5.41, 5.74) is 5.53. The molecule has 1 amide bonds. The van der Waals surface area contributed by atoms with Gasteiger partial charge in [-0.15, -0.1) is 0 Å². The Kier molecular flexibility index (Phi) is 6.68. The summed E-state index contributed by atoms with van der Waals surface area (Å²) in [6.45, 7) is 10.1. The van der Waals surface area contributed by atoms with Gasteiger partial charge in [0.1, 0.15) is 5.75 Å². The molecule has 2 aliphatic heterocycles. The predicted octanol–water partition coefficient (Wildman–Crippen LogP) is 3.71. The molecule has 2 aromatic rings. The molecule has 2 aromatic carbocycles. The second kappa shape index (κ2) is 9.62. The molecule has 0 saturated carbocycles. The smallest absolute Gasteiger partial charge is 0.257 e. The molecule has 0 aliphatic carbocycles. The number of carbonyl (C=O) groups is 1. The summed E-state index contributed by atoms with van der Waals surface area (Å²) in [5, 5.41) is 6.55. The number of aryl methyl sites for hydroxylation is 2. The van der Waals surface area contributed by atoms with Gasteiger partial charge >= 0.3 is 0 Å². The Balaban J connectivity index is 1.62. The van der Waals surface area contributed by atoms with Crippen molar-refractivity contribution in [3.63, 3.8) is 0 Å². The van der Waals surface area contributed by atoms with Crippen molar-refractivity contribution in [3.05, 3.63) is 64.7 Å². The van der Waals surface area contributed by atoms with Crippen LogP contribution in [0.4, 0.5) is 0 Å². The van der Waals surface area contributed by atoms with Crippen LogP contribution in [-0.4, -0.2) is 61.0 Å². The Morgan fingerprint density at radius 3 is 2.58 bits per heavy atom. The molecule has 2 aliphatic rings. The molecule has 0 radical (unpaired) electrons. The van der Waals surface area contributed by atoms with E-state index in [1.54, 1.807) is 5.01 Å². The lowest BCUT2D eigenvalue weighted by Crippen LogP contribution is -2.43. The van der Waals surface area contributed by atoms with E-state index in [1.807, 2.05) is 31.2 Å². The van der Waals surface area contributed by atoms with Crippen LogP contribution in [0, 0.1) is 13.8 Å². The first-order valence-electron chi connectivity index (χ1n) is 11.0. The number of carbonyl (C=O) groups excluding carboxylic acids is 1. The first-order chi connectivity index (χ1) is 15.0. The number of nitrogens with zero attached hydrogens (tertiary/aromatic N) is 3. The van der Waals surface area contributed by atoms with Gasteiger partial charge in [0, 0.05) is 25.1 Å². The molecule has 1 fully saturated rings. The standard InChI is InChI=1S/C25H31N3O3/c1-4-31-21-9-7-20(8-10-21)24-16-23(22-15-18(2)5-6-19(22)3)26-28(24)25(29)17-27-11-13-30-14-12-27/h5-10,15,24H,4,11-14,16-17H2,1-3H3. The summed E-state index contributed by atoms with van der Waals surface area (Å²) in [6.07, 6.45) is 0.702. The molecule has 0 aromatic heterocycles. The molecule has 0 N–H and O–H groups in total. The van der Waals surface area contributed by atoms with Gasteiger partial charge in [0.15, 0.2) is 0 Å². The summed E-state index contributed by atoms with van der Waals surface area (Å²) < 4.78 is 11.0. The van der Waals surface area contributed by atoms with Crippen LogP contribution in [0.3, 0.4) is 0 Å². The quantitative estimate of drug-likeness (QED) is 0.714. The molecule has 6 nitrogen and oxygen atoms in total. The normalized spacial score (nSPS) is 19.4. The van der Waals surface area contributed by atoms with Crippen molar-refractivity contribution < 1.29 is 14.3 Å². The van der Waals surface area contributed by atoms with Gasteiger partial charge in [-0.05, 0) is 50.1 Å². The zero-order valence-electron chi connectivity index (χ0n) is 18.6. The van der Waals surface area contributed by atoms with Gasteiger partial charge in [0.25, 0.3) is 5.91 Å². The van der Waals surface area contributed by atoms with Crippen molar-refractivity contribution >= 4 is 11.6 Å². The van der Waals surface area contributed by atoms with Crippen LogP contribution < -0.4 is 4.74 Å². The van der Waals surface area contributed by atoms with E-state index in [1.165, 1.54) is 11.1 Å². The summed E-state index contributed by atoms with van der Waals surface area (Å²) in [6, 6.07) is 14.3. The fourth-order valence-electron chi connectivity index (χ4n) is 4.19. The van der Waals surface area contributed by atoms with Crippen molar-refractivity contribution in [2.75, 3.05) is 39.5 Å². The Labute approximate surface area is 184 Å². The molecule has 164 valence electrons. The third kappa shape index (κ3) is 4.97. The van der Waals surface area contributed by atoms with Gasteiger partial charge in [-0.25, -0.2) is 5.01 Å². The van der Waals surface area contributed by atoms with Crippen LogP contribution in [0.15, 0.2) is 47.6 Å². The van der Waals surface area contributed by atoms with Gasteiger partial charge in [0.2, 0.25) is 0 Å². The molecular formula is C25H31N3O3. The van der Waals surface area contributed by atoms with Gasteiger partial charge in [-0.2, -0.15) is 5.10 Å². The zero-order valence-corrected chi connectivity index (χ0v) is 18.6. The van der Waals surface area contributed by atoms with Gasteiger partial charge in [0.05, 0.1) is 38.1 Å². The van der Waals surface area contributed by atoms with E-state index >= 15 is 0 Å². The largest absolute Gasteiger partial charge is 0.494 e. The highest BCUT2D eigenvalue weighted by Crippen LogP contribution is 2.34. The van der Waals surface area contributed by atoms with Crippen LogP contribution in [0.25, 0.3) is 0 Å². The lowest BCUT2D eigenvalue weighted by atomic mass is 9.95. The highest BCUT2D eigenvalue weighted by atomic mass is 16.5. The number of morpholine rings is 1. The van der Waals surface area contributed by atoms with E-state index in [0.29, 0.717) is 32.8 Å². The van der Waals surface area contributed by atoms with Crippen molar-refractivity contribution in [2.45, 2.75) is 33.2 Å². The maximum absolute atomic E-state index is 13.3. The monoisotopic (exact) mass is 421 g/mol. The Morgan fingerprint density at radius 2 is 1.87 bits per heavy atom. The fraction of sp³-hybridized carbons (Fsp3) is 0.440. The lowest BCUT2D eigenvalue weighted by molar-refractivity contribution is -0.135. The van der Waals surface area contributed by atoms with Crippen LogP contribution in [0.1, 0.15) is 41.6 Å². The second-order valence-corrected chi connectivity index (χ2v) is 8.21. The van der Waals surface area contributed by atoms with E-state index in [-0.39, 0.29) is 11.9 Å². The Morgan fingerprint density at radius 1 is 1.13 bits per heavy atom. The molecule has 0 bridgehead atoms. The summed E-state index contributed by atoms with van der Waals surface area (Å²) in [4.78, 5) is 15.5. The Hall–Kier alpha value is -2.70. The van der Waals surface area contributed by atoms with E-state index in [9.17, 15) is 4.79 Å². The summed E-state index contributed by atoms with van der Waals surface area (Å²) >= 11 is 0. The first-order valence-corrected chi connectivity index (χ1v) is 11.0. The molecule has 1 unspecified atom stereocenters. The average molecular weight is 422 g/mol. The van der Waals surface area contributed by atoms with Crippen molar-refractivity contribution in [3.8, 4) is 5.75 Å². The molecule has 6 heteroatoms. The topological polar surface area (TPSA) is 54.4 Å². The van der Waals surface area contributed by atoms with Gasteiger partial charge < -0.3 is 9.47 Å². The van der Waals surface area contributed by atoms with E-state index < -0.39 is 0 Å². The van der Waals surface area contributed by atoms with Crippen LogP contribution in [-0.2, 0) is 9.53 Å². The maximum atomic E-state index is 13.3. The third-order valence-electron chi connectivity index (χ3n) is 5.91. The minimum absolute atomic E-state index is 0.0288. The highest BCUT2D eigenvalue weighted by Gasteiger charge is 2.34. The molecule has 0 spiro atoms. The minimum atomic E-state index is -0.112. The minimum Gasteiger partial charge on any atom is -0.494 e. The lowest BCUT2D eigenvalue weighted by Gasteiger charge is -2.29. The zero-order chi connectivity index (χ0) is 21.8. The Bertz CT molecular complexity index is 949. The average Bonchev–Trinajstić information content (AvgIpc) is 3.22. The van der Waals surface area contributed by atoms with E-state index in [0.717, 1.165) is 35.7 Å². The highest BCUT2D eigenvalue weighted by molar-refractivity contribution is 6.04. The van der Waals surface area contributed by atoms with E-state index in [2.05, 4.69) is 36.9 Å². The number of hydrogen-bond acceptors (Lipinski definition) is 5. The predicted molar refractivity (Wildman–Crippen MR) is 122 cm³/mol.